The summed E-state index contributed by atoms with van der Waals surface area (Å²) in [4.78, 5) is 34.6. The van der Waals surface area contributed by atoms with E-state index < -0.39 is 23.2 Å². The molecule has 1 saturated carbocycles. The molecule has 0 unspecified atom stereocenters. The zero-order valence-corrected chi connectivity index (χ0v) is 12.2. The zero-order valence-electron chi connectivity index (χ0n) is 12.2. The maximum atomic E-state index is 12.2. The molecule has 3 N–H and O–H groups in total. The van der Waals surface area contributed by atoms with Crippen molar-refractivity contribution >= 4 is 29.2 Å². The average molecular weight is 304 g/mol. The first-order valence-corrected chi connectivity index (χ1v) is 6.91. The summed E-state index contributed by atoms with van der Waals surface area (Å²) in [6.45, 7) is 3.46. The van der Waals surface area contributed by atoms with Gasteiger partial charge in [-0.15, -0.1) is 0 Å². The summed E-state index contributed by atoms with van der Waals surface area (Å²) < 4.78 is 5.28. The maximum Gasteiger partial charge on any atom is 0.307 e. The maximum absolute atomic E-state index is 12.2. The highest BCUT2D eigenvalue weighted by atomic mass is 16.5. The molecule has 22 heavy (non-hydrogen) atoms. The van der Waals surface area contributed by atoms with Crippen molar-refractivity contribution in [3.05, 3.63) is 18.2 Å². The van der Waals surface area contributed by atoms with E-state index in [1.54, 1.807) is 32.0 Å². The molecule has 2 amide bonds. The molecule has 0 spiro atoms. The van der Waals surface area contributed by atoms with Crippen LogP contribution in [0.2, 0.25) is 0 Å². The minimum absolute atomic E-state index is 0.0683. The lowest BCUT2D eigenvalue weighted by atomic mass is 10.1. The van der Waals surface area contributed by atoms with Crippen molar-refractivity contribution in [3.8, 4) is 5.75 Å². The summed E-state index contributed by atoms with van der Waals surface area (Å²) in [7, 11) is 0. The third-order valence-corrected chi connectivity index (χ3v) is 4.26. The van der Waals surface area contributed by atoms with E-state index in [0.717, 1.165) is 0 Å². The van der Waals surface area contributed by atoms with Gasteiger partial charge in [0.2, 0.25) is 5.91 Å². The summed E-state index contributed by atoms with van der Waals surface area (Å²) in [6.07, 6.45) is 0. The minimum atomic E-state index is -0.957. The zero-order chi connectivity index (χ0) is 16.1. The van der Waals surface area contributed by atoms with Crippen molar-refractivity contribution in [3.63, 3.8) is 0 Å². The van der Waals surface area contributed by atoms with E-state index in [0.29, 0.717) is 17.1 Å². The van der Waals surface area contributed by atoms with Gasteiger partial charge in [-0.25, -0.2) is 0 Å². The van der Waals surface area contributed by atoms with Gasteiger partial charge in [0.1, 0.15) is 5.75 Å². The number of carbonyl (C=O) groups is 3. The lowest BCUT2D eigenvalue weighted by Gasteiger charge is -2.18. The molecule has 2 atom stereocenters. The average Bonchev–Trinajstić information content (AvgIpc) is 3.02. The smallest absolute Gasteiger partial charge is 0.307 e. The van der Waals surface area contributed by atoms with E-state index in [2.05, 4.69) is 10.6 Å². The van der Waals surface area contributed by atoms with Crippen LogP contribution in [-0.4, -0.2) is 29.5 Å². The molecule has 1 aromatic carbocycles. The van der Waals surface area contributed by atoms with Crippen molar-refractivity contribution in [1.29, 1.82) is 0 Å². The van der Waals surface area contributed by atoms with E-state index in [1.807, 2.05) is 0 Å². The standard InChI is InChI=1S/C15H16N2O5/c1-15(2)11(12(15)14(20)21)13(19)16-7-3-4-8-9(5-7)22-6-10(18)17-8/h3-5,11-12H,6H2,1-2H3,(H,16,19)(H,17,18)(H,20,21)/t11-,12-/m0/s1. The highest BCUT2D eigenvalue weighted by molar-refractivity contribution is 6.01. The van der Waals surface area contributed by atoms with Crippen molar-refractivity contribution < 1.29 is 24.2 Å². The van der Waals surface area contributed by atoms with E-state index in [1.165, 1.54) is 0 Å². The van der Waals surface area contributed by atoms with E-state index >= 15 is 0 Å². The van der Waals surface area contributed by atoms with Gasteiger partial charge in [-0.3, -0.25) is 14.4 Å². The predicted molar refractivity (Wildman–Crippen MR) is 77.6 cm³/mol. The number of carboxylic acids is 1. The molecule has 0 saturated heterocycles. The van der Waals surface area contributed by atoms with Crippen molar-refractivity contribution in [1.82, 2.24) is 0 Å². The first-order chi connectivity index (χ1) is 10.3. The number of hydrogen-bond donors (Lipinski definition) is 3. The van der Waals surface area contributed by atoms with Crippen molar-refractivity contribution in [2.45, 2.75) is 13.8 Å². The number of carboxylic acid groups (broad SMARTS) is 1. The molecule has 1 fully saturated rings. The Bertz CT molecular complexity index is 683. The molecule has 1 heterocycles. The SMILES string of the molecule is CC1(C)[C@H](C(=O)O)[C@H]1C(=O)Nc1ccc2c(c1)OCC(=O)N2. The Labute approximate surface area is 126 Å². The summed E-state index contributed by atoms with van der Waals surface area (Å²) in [6, 6.07) is 4.88. The lowest BCUT2D eigenvalue weighted by molar-refractivity contribution is -0.140. The summed E-state index contributed by atoms with van der Waals surface area (Å²) >= 11 is 0. The Hall–Kier alpha value is -2.57. The van der Waals surface area contributed by atoms with Gasteiger partial charge in [0, 0.05) is 11.8 Å². The van der Waals surface area contributed by atoms with E-state index in [9.17, 15) is 14.4 Å². The molecule has 7 heteroatoms. The second kappa shape index (κ2) is 4.72. The van der Waals surface area contributed by atoms with E-state index in [-0.39, 0.29) is 18.4 Å². The third-order valence-electron chi connectivity index (χ3n) is 4.26. The van der Waals surface area contributed by atoms with Crippen LogP contribution < -0.4 is 15.4 Å². The Kier molecular flexibility index (Phi) is 3.09. The van der Waals surface area contributed by atoms with Gasteiger partial charge in [0.25, 0.3) is 5.91 Å². The second-order valence-electron chi connectivity index (χ2n) is 6.15. The number of anilines is 2. The van der Waals surface area contributed by atoms with Crippen LogP contribution in [0.5, 0.6) is 5.75 Å². The van der Waals surface area contributed by atoms with Crippen LogP contribution in [0.3, 0.4) is 0 Å². The van der Waals surface area contributed by atoms with Gasteiger partial charge in [-0.1, -0.05) is 13.8 Å². The molecule has 1 aliphatic carbocycles. The minimum Gasteiger partial charge on any atom is -0.482 e. The Morgan fingerprint density at radius 1 is 1.36 bits per heavy atom. The number of fused-ring (bicyclic) bond motifs is 1. The van der Waals surface area contributed by atoms with Crippen molar-refractivity contribution in [2.75, 3.05) is 17.2 Å². The van der Waals surface area contributed by atoms with Crippen LogP contribution in [0.15, 0.2) is 18.2 Å². The largest absolute Gasteiger partial charge is 0.482 e. The van der Waals surface area contributed by atoms with Crippen LogP contribution in [0.1, 0.15) is 13.8 Å². The first-order valence-electron chi connectivity index (χ1n) is 6.91. The second-order valence-corrected chi connectivity index (χ2v) is 6.15. The van der Waals surface area contributed by atoms with E-state index in [4.69, 9.17) is 9.84 Å². The monoisotopic (exact) mass is 304 g/mol. The molecular weight excluding hydrogens is 288 g/mol. The van der Waals surface area contributed by atoms with Gasteiger partial charge < -0.3 is 20.5 Å². The number of amides is 2. The fraction of sp³-hybridized carbons (Fsp3) is 0.400. The summed E-state index contributed by atoms with van der Waals surface area (Å²) in [5.41, 5.74) is 0.505. The molecule has 116 valence electrons. The number of carbonyl (C=O) groups excluding carboxylic acids is 2. The fourth-order valence-electron chi connectivity index (χ4n) is 2.96. The third kappa shape index (κ3) is 2.28. The molecule has 0 radical (unpaired) electrons. The van der Waals surface area contributed by atoms with Gasteiger partial charge in [0.15, 0.2) is 6.61 Å². The molecular formula is C15H16N2O5. The topological polar surface area (TPSA) is 105 Å². The van der Waals surface area contributed by atoms with Crippen molar-refractivity contribution in [2.24, 2.45) is 17.3 Å². The number of aliphatic carboxylic acids is 1. The number of hydrogen-bond acceptors (Lipinski definition) is 4. The van der Waals surface area contributed by atoms with Crippen LogP contribution in [0, 0.1) is 17.3 Å². The Morgan fingerprint density at radius 2 is 2.09 bits per heavy atom. The molecule has 1 aliphatic heterocycles. The molecule has 1 aromatic rings. The highest BCUT2D eigenvalue weighted by Gasteiger charge is 2.65. The van der Waals surface area contributed by atoms with Gasteiger partial charge in [-0.05, 0) is 17.5 Å². The van der Waals surface area contributed by atoms with Gasteiger partial charge >= 0.3 is 5.97 Å². The first kappa shape index (κ1) is 14.4. The van der Waals surface area contributed by atoms with Gasteiger partial charge in [0.05, 0.1) is 17.5 Å². The number of benzene rings is 1. The van der Waals surface area contributed by atoms with Crippen LogP contribution in [-0.2, 0) is 14.4 Å². The Morgan fingerprint density at radius 3 is 2.73 bits per heavy atom. The molecule has 2 aliphatic rings. The summed E-state index contributed by atoms with van der Waals surface area (Å²) in [5.74, 6) is -2.25. The fourth-order valence-corrected chi connectivity index (χ4v) is 2.96. The summed E-state index contributed by atoms with van der Waals surface area (Å²) in [5, 5.41) is 14.5. The lowest BCUT2D eigenvalue weighted by Crippen LogP contribution is -2.25. The van der Waals surface area contributed by atoms with Crippen LogP contribution in [0.4, 0.5) is 11.4 Å². The number of nitrogens with one attached hydrogen (secondary N) is 2. The number of ether oxygens (including phenoxy) is 1. The Balaban J connectivity index is 1.73. The predicted octanol–water partition coefficient (Wildman–Crippen LogP) is 1.31. The number of rotatable bonds is 3. The van der Waals surface area contributed by atoms with Crippen LogP contribution in [0.25, 0.3) is 0 Å². The van der Waals surface area contributed by atoms with Gasteiger partial charge in [-0.2, -0.15) is 0 Å². The molecule has 0 aromatic heterocycles. The van der Waals surface area contributed by atoms with Crippen LogP contribution >= 0.6 is 0 Å². The molecule has 7 nitrogen and oxygen atoms in total. The quantitative estimate of drug-likeness (QED) is 0.781. The normalized spacial score (nSPS) is 24.5. The molecule has 3 rings (SSSR count). The molecule has 0 bridgehead atoms. The highest BCUT2D eigenvalue weighted by Crippen LogP contribution is 2.58.